The van der Waals surface area contributed by atoms with E-state index in [0.717, 1.165) is 36.1 Å². The van der Waals surface area contributed by atoms with Gasteiger partial charge in [0, 0.05) is 0 Å². The highest BCUT2D eigenvalue weighted by Crippen LogP contribution is 2.26. The fraction of sp³-hybridized carbons (Fsp3) is 0.318. The molecule has 1 aromatic heterocycles. The molecule has 0 spiro atoms. The predicted octanol–water partition coefficient (Wildman–Crippen LogP) is 6.00. The van der Waals surface area contributed by atoms with Crippen LogP contribution in [0, 0.1) is 13.8 Å². The summed E-state index contributed by atoms with van der Waals surface area (Å²) in [6.45, 7) is 6.21. The number of rotatable bonds is 8. The van der Waals surface area contributed by atoms with Crippen molar-refractivity contribution in [2.45, 2.75) is 51.5 Å². The van der Waals surface area contributed by atoms with Crippen molar-refractivity contribution < 1.29 is 8.42 Å². The summed E-state index contributed by atoms with van der Waals surface area (Å²) in [7, 11) is -3.71. The van der Waals surface area contributed by atoms with Gasteiger partial charge >= 0.3 is 0 Å². The standard InChI is InChI=1S/C22H25Cl2N3O2S/c1-4-5-6-17-7-10-19(11-8-17)30(28,29)26-22-15(2)25-27(16(22)3)14-18-9-12-20(23)21(24)13-18/h7-13,26H,4-6,14H2,1-3H3. The lowest BCUT2D eigenvalue weighted by Crippen LogP contribution is -2.14. The van der Waals surface area contributed by atoms with E-state index in [1.54, 1.807) is 35.9 Å². The van der Waals surface area contributed by atoms with E-state index < -0.39 is 10.0 Å². The Morgan fingerprint density at radius 1 is 1.00 bits per heavy atom. The fourth-order valence-electron chi connectivity index (χ4n) is 3.22. The van der Waals surface area contributed by atoms with Crippen molar-refractivity contribution in [3.8, 4) is 0 Å². The van der Waals surface area contributed by atoms with E-state index in [-0.39, 0.29) is 4.90 Å². The molecule has 0 saturated carbocycles. The summed E-state index contributed by atoms with van der Waals surface area (Å²) in [6.07, 6.45) is 3.14. The molecule has 0 aliphatic heterocycles. The van der Waals surface area contributed by atoms with Crippen LogP contribution in [-0.4, -0.2) is 18.2 Å². The molecule has 0 aliphatic carbocycles. The van der Waals surface area contributed by atoms with Crippen LogP contribution in [-0.2, 0) is 23.0 Å². The first-order valence-corrected chi connectivity index (χ1v) is 12.0. The van der Waals surface area contributed by atoms with Crippen molar-refractivity contribution in [1.82, 2.24) is 9.78 Å². The Labute approximate surface area is 188 Å². The van der Waals surface area contributed by atoms with Gasteiger partial charge in [-0.05, 0) is 62.1 Å². The van der Waals surface area contributed by atoms with Gasteiger partial charge < -0.3 is 0 Å². The van der Waals surface area contributed by atoms with E-state index in [0.29, 0.717) is 28.0 Å². The van der Waals surface area contributed by atoms with Crippen LogP contribution in [0.4, 0.5) is 5.69 Å². The first kappa shape index (κ1) is 22.7. The average molecular weight is 466 g/mol. The highest BCUT2D eigenvalue weighted by Gasteiger charge is 2.20. The molecule has 3 aromatic rings. The van der Waals surface area contributed by atoms with Crippen molar-refractivity contribution >= 4 is 38.9 Å². The molecule has 2 aromatic carbocycles. The topological polar surface area (TPSA) is 64.0 Å². The summed E-state index contributed by atoms with van der Waals surface area (Å²) >= 11 is 12.1. The zero-order valence-corrected chi connectivity index (χ0v) is 19.6. The van der Waals surface area contributed by atoms with E-state index in [4.69, 9.17) is 23.2 Å². The Morgan fingerprint density at radius 2 is 1.67 bits per heavy atom. The molecule has 0 bridgehead atoms. The lowest BCUT2D eigenvalue weighted by Gasteiger charge is -2.10. The van der Waals surface area contributed by atoms with E-state index in [9.17, 15) is 8.42 Å². The number of nitrogens with one attached hydrogen (secondary N) is 1. The number of anilines is 1. The van der Waals surface area contributed by atoms with Crippen molar-refractivity contribution in [3.63, 3.8) is 0 Å². The molecule has 0 aliphatic rings. The highest BCUT2D eigenvalue weighted by atomic mass is 35.5. The van der Waals surface area contributed by atoms with Crippen LogP contribution in [0.5, 0.6) is 0 Å². The van der Waals surface area contributed by atoms with Crippen LogP contribution in [0.3, 0.4) is 0 Å². The number of benzene rings is 2. The molecule has 0 unspecified atom stereocenters. The summed E-state index contributed by atoms with van der Waals surface area (Å²) in [5.74, 6) is 0. The second-order valence-electron chi connectivity index (χ2n) is 7.30. The Balaban J connectivity index is 1.81. The number of sulfonamides is 1. The van der Waals surface area contributed by atoms with Gasteiger partial charge in [-0.3, -0.25) is 9.40 Å². The molecule has 0 amide bonds. The normalized spacial score (nSPS) is 11.6. The molecule has 3 rings (SSSR count). The van der Waals surface area contributed by atoms with Gasteiger partial charge in [0.15, 0.2) is 0 Å². The molecule has 0 fully saturated rings. The Morgan fingerprint density at radius 3 is 2.30 bits per heavy atom. The number of halogens is 2. The molecule has 0 saturated heterocycles. The molecule has 8 heteroatoms. The van der Waals surface area contributed by atoms with Gasteiger partial charge in [-0.25, -0.2) is 8.42 Å². The maximum atomic E-state index is 12.9. The summed E-state index contributed by atoms with van der Waals surface area (Å²) in [4.78, 5) is 0.235. The molecular weight excluding hydrogens is 441 g/mol. The molecule has 0 atom stereocenters. The second kappa shape index (κ2) is 9.41. The Hall–Kier alpha value is -2.02. The number of unbranched alkanes of at least 4 members (excludes halogenated alkanes) is 1. The molecule has 5 nitrogen and oxygen atoms in total. The lowest BCUT2D eigenvalue weighted by molar-refractivity contribution is 0.601. The van der Waals surface area contributed by atoms with Crippen molar-refractivity contribution in [2.75, 3.05) is 4.72 Å². The van der Waals surface area contributed by atoms with Gasteiger partial charge in [-0.2, -0.15) is 5.10 Å². The highest BCUT2D eigenvalue weighted by molar-refractivity contribution is 7.92. The van der Waals surface area contributed by atoms with E-state index >= 15 is 0 Å². The van der Waals surface area contributed by atoms with Gasteiger partial charge in [-0.15, -0.1) is 0 Å². The Bertz CT molecular complexity index is 1140. The maximum Gasteiger partial charge on any atom is 0.262 e. The number of hydrogen-bond acceptors (Lipinski definition) is 3. The SMILES string of the molecule is CCCCc1ccc(S(=O)(=O)Nc2c(C)nn(Cc3ccc(Cl)c(Cl)c3)c2C)cc1. The summed E-state index contributed by atoms with van der Waals surface area (Å²) < 4.78 is 30.3. The Kier molecular flexibility index (Phi) is 7.11. The number of nitrogens with zero attached hydrogens (tertiary/aromatic N) is 2. The van der Waals surface area contributed by atoms with Crippen LogP contribution in [0.25, 0.3) is 0 Å². The quantitative estimate of drug-likeness (QED) is 0.443. The first-order chi connectivity index (χ1) is 14.2. The fourth-order valence-corrected chi connectivity index (χ4v) is 4.72. The van der Waals surface area contributed by atoms with E-state index in [2.05, 4.69) is 16.7 Å². The smallest absolute Gasteiger partial charge is 0.262 e. The largest absolute Gasteiger partial charge is 0.276 e. The lowest BCUT2D eigenvalue weighted by atomic mass is 10.1. The average Bonchev–Trinajstić information content (AvgIpc) is 2.96. The maximum absolute atomic E-state index is 12.9. The van der Waals surface area contributed by atoms with Crippen LogP contribution >= 0.6 is 23.2 Å². The molecule has 0 radical (unpaired) electrons. The minimum Gasteiger partial charge on any atom is -0.276 e. The van der Waals surface area contributed by atoms with Crippen molar-refractivity contribution in [3.05, 3.63) is 75.0 Å². The van der Waals surface area contributed by atoms with Crippen LogP contribution < -0.4 is 4.72 Å². The predicted molar refractivity (Wildman–Crippen MR) is 123 cm³/mol. The van der Waals surface area contributed by atoms with Crippen LogP contribution in [0.2, 0.25) is 10.0 Å². The zero-order valence-electron chi connectivity index (χ0n) is 17.2. The third kappa shape index (κ3) is 5.17. The van der Waals surface area contributed by atoms with Gasteiger partial charge in [0.25, 0.3) is 10.0 Å². The van der Waals surface area contributed by atoms with Gasteiger partial charge in [-0.1, -0.05) is 54.7 Å². The monoisotopic (exact) mass is 465 g/mol. The van der Waals surface area contributed by atoms with Gasteiger partial charge in [0.1, 0.15) is 0 Å². The minimum atomic E-state index is -3.71. The van der Waals surface area contributed by atoms with Gasteiger partial charge in [0.05, 0.1) is 38.6 Å². The summed E-state index contributed by atoms with van der Waals surface area (Å²) in [5.41, 5.74) is 3.88. The first-order valence-electron chi connectivity index (χ1n) is 9.81. The number of hydrogen-bond donors (Lipinski definition) is 1. The van der Waals surface area contributed by atoms with Crippen molar-refractivity contribution in [2.24, 2.45) is 0 Å². The summed E-state index contributed by atoms with van der Waals surface area (Å²) in [6, 6.07) is 12.4. The molecular formula is C22H25Cl2N3O2S. The van der Waals surface area contributed by atoms with Crippen LogP contribution in [0.1, 0.15) is 42.3 Å². The third-order valence-electron chi connectivity index (χ3n) is 4.99. The number of aromatic nitrogens is 2. The van der Waals surface area contributed by atoms with Crippen LogP contribution in [0.15, 0.2) is 47.4 Å². The number of aryl methyl sites for hydroxylation is 2. The third-order valence-corrected chi connectivity index (χ3v) is 7.09. The van der Waals surface area contributed by atoms with E-state index in [1.807, 2.05) is 25.1 Å². The van der Waals surface area contributed by atoms with Gasteiger partial charge in [0.2, 0.25) is 0 Å². The second-order valence-corrected chi connectivity index (χ2v) is 9.80. The summed E-state index contributed by atoms with van der Waals surface area (Å²) in [5, 5.41) is 5.46. The van der Waals surface area contributed by atoms with Crippen molar-refractivity contribution in [1.29, 1.82) is 0 Å². The molecule has 30 heavy (non-hydrogen) atoms. The van der Waals surface area contributed by atoms with E-state index in [1.165, 1.54) is 0 Å². The minimum absolute atomic E-state index is 0.235. The molecule has 160 valence electrons. The molecule has 1 heterocycles. The molecule has 1 N–H and O–H groups in total. The zero-order chi connectivity index (χ0) is 21.9.